The van der Waals surface area contributed by atoms with Gasteiger partial charge in [0.15, 0.2) is 0 Å². The Labute approximate surface area is 122 Å². The van der Waals surface area contributed by atoms with Crippen LogP contribution in [-0.2, 0) is 4.74 Å². The van der Waals surface area contributed by atoms with E-state index in [1.807, 2.05) is 20.8 Å². The van der Waals surface area contributed by atoms with Gasteiger partial charge in [-0.3, -0.25) is 0 Å². The molecular weight excluding hydrogens is 252 g/mol. The summed E-state index contributed by atoms with van der Waals surface area (Å²) in [5, 5.41) is 6.72. The number of aromatic nitrogens is 2. The van der Waals surface area contributed by atoms with Crippen molar-refractivity contribution in [3.05, 3.63) is 11.4 Å². The van der Waals surface area contributed by atoms with Crippen LogP contribution < -0.4 is 10.6 Å². The molecule has 1 heterocycles. The van der Waals surface area contributed by atoms with Crippen molar-refractivity contribution in [3.63, 3.8) is 0 Å². The molecule has 0 fully saturated rings. The number of hydrogen-bond donors (Lipinski definition) is 2. The minimum Gasteiger partial charge on any atom is -0.374 e. The zero-order valence-corrected chi connectivity index (χ0v) is 13.6. The molecule has 0 spiro atoms. The molecule has 0 aliphatic carbocycles. The van der Waals surface area contributed by atoms with Crippen LogP contribution in [0.15, 0.2) is 0 Å². The van der Waals surface area contributed by atoms with Gasteiger partial charge >= 0.3 is 0 Å². The molecule has 0 amide bonds. The highest BCUT2D eigenvalue weighted by Gasteiger charge is 2.18. The largest absolute Gasteiger partial charge is 0.374 e. The van der Waals surface area contributed by atoms with E-state index in [-0.39, 0.29) is 5.60 Å². The maximum absolute atomic E-state index is 5.69. The Balaban J connectivity index is 2.81. The number of aryl methyl sites for hydroxylation is 1. The lowest BCUT2D eigenvalue weighted by Crippen LogP contribution is -2.34. The Morgan fingerprint density at radius 2 is 1.65 bits per heavy atom. The van der Waals surface area contributed by atoms with Gasteiger partial charge in [0.25, 0.3) is 0 Å². The van der Waals surface area contributed by atoms with E-state index in [4.69, 9.17) is 4.74 Å². The summed E-state index contributed by atoms with van der Waals surface area (Å²) in [6, 6.07) is 0. The predicted molar refractivity (Wildman–Crippen MR) is 84.5 cm³/mol. The average Bonchev–Trinajstić information content (AvgIpc) is 2.37. The van der Waals surface area contributed by atoms with Crippen LogP contribution in [0.5, 0.6) is 0 Å². The molecule has 0 unspecified atom stereocenters. The molecule has 0 aliphatic rings. The highest BCUT2D eigenvalue weighted by atomic mass is 16.5. The number of rotatable bonds is 8. The second-order valence-electron chi connectivity index (χ2n) is 5.57. The van der Waals surface area contributed by atoms with E-state index in [1.54, 1.807) is 0 Å². The van der Waals surface area contributed by atoms with Crippen LogP contribution in [0.1, 0.15) is 45.5 Å². The lowest BCUT2D eigenvalue weighted by Gasteiger charge is -2.26. The van der Waals surface area contributed by atoms with Gasteiger partial charge in [0.2, 0.25) is 0 Å². The average molecular weight is 280 g/mol. The summed E-state index contributed by atoms with van der Waals surface area (Å²) in [4.78, 5) is 8.95. The molecule has 0 saturated heterocycles. The Hall–Kier alpha value is -1.36. The van der Waals surface area contributed by atoms with Crippen LogP contribution >= 0.6 is 0 Å². The van der Waals surface area contributed by atoms with Crippen LogP contribution in [0, 0.1) is 13.8 Å². The van der Waals surface area contributed by atoms with E-state index >= 15 is 0 Å². The fourth-order valence-electron chi connectivity index (χ4n) is 1.95. The van der Waals surface area contributed by atoms with Crippen molar-refractivity contribution in [1.82, 2.24) is 9.97 Å². The molecule has 1 rings (SSSR count). The van der Waals surface area contributed by atoms with Gasteiger partial charge in [-0.25, -0.2) is 9.97 Å². The minimum atomic E-state index is -0.211. The molecule has 0 bridgehead atoms. The standard InChI is InChI=1S/C15H28N4O/c1-7-9-16-13-11(3)14(19-12(4)18-13)17-10-15(5,6)20-8-2/h7-10H2,1-6H3,(H2,16,17,18,19). The highest BCUT2D eigenvalue weighted by Crippen LogP contribution is 2.21. The normalized spacial score (nSPS) is 11.5. The van der Waals surface area contributed by atoms with E-state index in [2.05, 4.69) is 41.4 Å². The number of hydrogen-bond acceptors (Lipinski definition) is 5. The molecule has 20 heavy (non-hydrogen) atoms. The second kappa shape index (κ2) is 7.43. The number of nitrogens with zero attached hydrogens (tertiary/aromatic N) is 2. The molecule has 0 aromatic carbocycles. The molecule has 5 heteroatoms. The van der Waals surface area contributed by atoms with E-state index in [0.717, 1.165) is 36.0 Å². The van der Waals surface area contributed by atoms with Crippen LogP contribution in [0.4, 0.5) is 11.6 Å². The fraction of sp³-hybridized carbons (Fsp3) is 0.733. The third-order valence-corrected chi connectivity index (χ3v) is 3.02. The maximum Gasteiger partial charge on any atom is 0.134 e. The summed E-state index contributed by atoms with van der Waals surface area (Å²) in [7, 11) is 0. The lowest BCUT2D eigenvalue weighted by atomic mass is 10.1. The van der Waals surface area contributed by atoms with Gasteiger partial charge in [-0.2, -0.15) is 0 Å². The lowest BCUT2D eigenvalue weighted by molar-refractivity contribution is 0.000632. The van der Waals surface area contributed by atoms with Crippen molar-refractivity contribution in [2.24, 2.45) is 0 Å². The molecule has 1 aromatic heterocycles. The Bertz CT molecular complexity index is 432. The predicted octanol–water partition coefficient (Wildman–Crippen LogP) is 3.14. The van der Waals surface area contributed by atoms with E-state index < -0.39 is 0 Å². The van der Waals surface area contributed by atoms with Crippen molar-refractivity contribution in [2.75, 3.05) is 30.3 Å². The summed E-state index contributed by atoms with van der Waals surface area (Å²) in [6.07, 6.45) is 1.07. The van der Waals surface area contributed by atoms with E-state index in [9.17, 15) is 0 Å². The first-order chi connectivity index (χ1) is 9.39. The van der Waals surface area contributed by atoms with Gasteiger partial charge in [-0.15, -0.1) is 0 Å². The first kappa shape index (κ1) is 16.7. The van der Waals surface area contributed by atoms with Crippen molar-refractivity contribution in [2.45, 2.75) is 53.6 Å². The molecule has 0 saturated carbocycles. The Morgan fingerprint density at radius 3 is 2.20 bits per heavy atom. The summed E-state index contributed by atoms with van der Waals surface area (Å²) < 4.78 is 5.69. The van der Waals surface area contributed by atoms with Gasteiger partial charge < -0.3 is 15.4 Å². The monoisotopic (exact) mass is 280 g/mol. The number of ether oxygens (including phenoxy) is 1. The molecule has 1 aromatic rings. The Kier molecular flexibility index (Phi) is 6.20. The molecule has 114 valence electrons. The van der Waals surface area contributed by atoms with E-state index in [1.165, 1.54) is 0 Å². The maximum atomic E-state index is 5.69. The summed E-state index contributed by atoms with van der Waals surface area (Å²) in [5.41, 5.74) is 0.841. The molecular formula is C15H28N4O. The van der Waals surface area contributed by atoms with Crippen molar-refractivity contribution in [1.29, 1.82) is 0 Å². The van der Waals surface area contributed by atoms with Gasteiger partial charge in [-0.05, 0) is 41.0 Å². The SMILES string of the molecule is CCCNc1nc(C)nc(NCC(C)(C)OCC)c1C. The smallest absolute Gasteiger partial charge is 0.134 e. The van der Waals surface area contributed by atoms with Gasteiger partial charge in [0.1, 0.15) is 17.5 Å². The van der Waals surface area contributed by atoms with Crippen molar-refractivity contribution >= 4 is 11.6 Å². The van der Waals surface area contributed by atoms with Crippen LogP contribution in [0.3, 0.4) is 0 Å². The molecule has 5 nitrogen and oxygen atoms in total. The van der Waals surface area contributed by atoms with Crippen LogP contribution in [-0.4, -0.2) is 35.3 Å². The first-order valence-corrected chi connectivity index (χ1v) is 7.36. The molecule has 2 N–H and O–H groups in total. The first-order valence-electron chi connectivity index (χ1n) is 7.36. The molecule has 0 radical (unpaired) electrons. The third-order valence-electron chi connectivity index (χ3n) is 3.02. The summed E-state index contributed by atoms with van der Waals surface area (Å²) >= 11 is 0. The summed E-state index contributed by atoms with van der Waals surface area (Å²) in [6.45, 7) is 14.6. The second-order valence-corrected chi connectivity index (χ2v) is 5.57. The zero-order chi connectivity index (χ0) is 15.2. The minimum absolute atomic E-state index is 0.211. The Morgan fingerprint density at radius 1 is 1.05 bits per heavy atom. The van der Waals surface area contributed by atoms with Gasteiger partial charge in [0, 0.05) is 25.3 Å². The highest BCUT2D eigenvalue weighted by molar-refractivity contribution is 5.57. The van der Waals surface area contributed by atoms with Crippen LogP contribution in [0.25, 0.3) is 0 Å². The quantitative estimate of drug-likeness (QED) is 0.766. The zero-order valence-electron chi connectivity index (χ0n) is 13.6. The summed E-state index contributed by atoms with van der Waals surface area (Å²) in [5.74, 6) is 2.56. The molecule has 0 atom stereocenters. The van der Waals surface area contributed by atoms with Crippen molar-refractivity contribution in [3.8, 4) is 0 Å². The van der Waals surface area contributed by atoms with Gasteiger partial charge in [-0.1, -0.05) is 6.92 Å². The van der Waals surface area contributed by atoms with Gasteiger partial charge in [0.05, 0.1) is 5.60 Å². The number of nitrogens with one attached hydrogen (secondary N) is 2. The fourth-order valence-corrected chi connectivity index (χ4v) is 1.95. The van der Waals surface area contributed by atoms with Crippen molar-refractivity contribution < 1.29 is 4.74 Å². The molecule has 0 aliphatic heterocycles. The third kappa shape index (κ3) is 4.96. The van der Waals surface area contributed by atoms with Crippen LogP contribution in [0.2, 0.25) is 0 Å². The topological polar surface area (TPSA) is 59.1 Å². The van der Waals surface area contributed by atoms with E-state index in [0.29, 0.717) is 13.2 Å². The number of anilines is 2.